The molecule has 0 aliphatic rings. The predicted octanol–water partition coefficient (Wildman–Crippen LogP) is 0.223. The van der Waals surface area contributed by atoms with E-state index >= 15 is 0 Å². The zero-order valence-electron chi connectivity index (χ0n) is 10.1. The standard InChI is InChI=1S/C9H11N3O7/c1-4(19-2)3-11-7(9(15)16)6(12(17)18)5(10-11)8(13)14/h4H,3H2,1-2H3,(H,13,14)(H,15,16)/t4-/m1/s1. The summed E-state index contributed by atoms with van der Waals surface area (Å²) in [5, 5.41) is 32.1. The fourth-order valence-corrected chi connectivity index (χ4v) is 1.43. The maximum absolute atomic E-state index is 11.1. The third-order valence-electron chi connectivity index (χ3n) is 2.35. The van der Waals surface area contributed by atoms with Crippen molar-refractivity contribution < 1.29 is 29.5 Å². The summed E-state index contributed by atoms with van der Waals surface area (Å²) in [4.78, 5) is 31.7. The summed E-state index contributed by atoms with van der Waals surface area (Å²) < 4.78 is 5.64. The molecule has 104 valence electrons. The molecule has 0 aliphatic heterocycles. The van der Waals surface area contributed by atoms with Crippen LogP contribution in [0.15, 0.2) is 0 Å². The molecule has 0 radical (unpaired) electrons. The van der Waals surface area contributed by atoms with E-state index in [-0.39, 0.29) is 6.54 Å². The molecule has 0 aliphatic carbocycles. The van der Waals surface area contributed by atoms with Gasteiger partial charge in [0.1, 0.15) is 0 Å². The Bertz CT molecular complexity index is 536. The van der Waals surface area contributed by atoms with E-state index in [4.69, 9.17) is 14.9 Å². The van der Waals surface area contributed by atoms with Crippen molar-refractivity contribution >= 4 is 17.6 Å². The molecule has 0 fully saturated rings. The molecule has 10 heteroatoms. The van der Waals surface area contributed by atoms with Gasteiger partial charge in [-0.1, -0.05) is 0 Å². The first kappa shape index (κ1) is 14.6. The lowest BCUT2D eigenvalue weighted by Gasteiger charge is -2.09. The van der Waals surface area contributed by atoms with Gasteiger partial charge in [-0.05, 0) is 6.92 Å². The number of methoxy groups -OCH3 is 1. The Kier molecular flexibility index (Phi) is 4.17. The van der Waals surface area contributed by atoms with Gasteiger partial charge in [0.2, 0.25) is 11.4 Å². The normalized spacial score (nSPS) is 12.1. The predicted molar refractivity (Wildman–Crippen MR) is 59.3 cm³/mol. The molecule has 0 spiro atoms. The van der Waals surface area contributed by atoms with E-state index in [0.29, 0.717) is 0 Å². The van der Waals surface area contributed by atoms with E-state index in [0.717, 1.165) is 4.68 Å². The SMILES string of the molecule is CO[C@H](C)Cn1nc(C(=O)O)c([N+](=O)[O-])c1C(=O)O. The molecule has 0 bridgehead atoms. The summed E-state index contributed by atoms with van der Waals surface area (Å²) in [7, 11) is 1.36. The zero-order valence-corrected chi connectivity index (χ0v) is 10.1. The van der Waals surface area contributed by atoms with Crippen LogP contribution in [0.25, 0.3) is 0 Å². The highest BCUT2D eigenvalue weighted by Gasteiger charge is 2.36. The topological polar surface area (TPSA) is 145 Å². The summed E-state index contributed by atoms with van der Waals surface area (Å²) in [6, 6.07) is 0. The smallest absolute Gasteiger partial charge is 0.363 e. The van der Waals surface area contributed by atoms with Crippen molar-refractivity contribution in [3.05, 3.63) is 21.5 Å². The molecule has 10 nitrogen and oxygen atoms in total. The number of nitrogens with zero attached hydrogens (tertiary/aromatic N) is 3. The molecular formula is C9H11N3O7. The van der Waals surface area contributed by atoms with Crippen LogP contribution in [0, 0.1) is 10.1 Å². The van der Waals surface area contributed by atoms with Crippen molar-refractivity contribution in [3.8, 4) is 0 Å². The number of nitro groups is 1. The quantitative estimate of drug-likeness (QED) is 0.553. The molecule has 1 aromatic rings. The van der Waals surface area contributed by atoms with Crippen LogP contribution < -0.4 is 0 Å². The Balaban J connectivity index is 3.47. The first-order chi connectivity index (χ1) is 8.79. The number of rotatable bonds is 6. The highest BCUT2D eigenvalue weighted by atomic mass is 16.6. The largest absolute Gasteiger partial charge is 0.476 e. The summed E-state index contributed by atoms with van der Waals surface area (Å²) in [5.74, 6) is -3.30. The molecule has 19 heavy (non-hydrogen) atoms. The van der Waals surface area contributed by atoms with Gasteiger partial charge in [0.25, 0.3) is 0 Å². The minimum Gasteiger partial charge on any atom is -0.476 e. The van der Waals surface area contributed by atoms with Crippen LogP contribution >= 0.6 is 0 Å². The molecule has 1 rings (SSSR count). The van der Waals surface area contributed by atoms with Crippen molar-refractivity contribution in [2.75, 3.05) is 7.11 Å². The molecule has 0 amide bonds. The maximum atomic E-state index is 11.1. The lowest BCUT2D eigenvalue weighted by molar-refractivity contribution is -0.385. The van der Waals surface area contributed by atoms with E-state index in [1.165, 1.54) is 7.11 Å². The number of aromatic carboxylic acids is 2. The van der Waals surface area contributed by atoms with Crippen LogP contribution in [0.4, 0.5) is 5.69 Å². The Hall–Kier alpha value is -2.49. The number of ether oxygens (including phenoxy) is 1. The third-order valence-corrected chi connectivity index (χ3v) is 2.35. The minimum atomic E-state index is -1.67. The molecule has 1 aromatic heterocycles. The second-order valence-corrected chi connectivity index (χ2v) is 3.64. The third kappa shape index (κ3) is 2.85. The van der Waals surface area contributed by atoms with Gasteiger partial charge in [0, 0.05) is 7.11 Å². The fraction of sp³-hybridized carbons (Fsp3) is 0.444. The highest BCUT2D eigenvalue weighted by molar-refractivity contribution is 5.98. The maximum Gasteiger partial charge on any atom is 0.363 e. The summed E-state index contributed by atoms with van der Waals surface area (Å²) in [6.45, 7) is 1.46. The average molecular weight is 273 g/mol. The van der Waals surface area contributed by atoms with Gasteiger partial charge in [-0.25, -0.2) is 14.3 Å². The lowest BCUT2D eigenvalue weighted by Crippen LogP contribution is -2.20. The monoisotopic (exact) mass is 273 g/mol. The minimum absolute atomic E-state index is 0.119. The molecule has 1 atom stereocenters. The molecule has 0 saturated heterocycles. The number of hydrogen-bond donors (Lipinski definition) is 2. The summed E-state index contributed by atoms with van der Waals surface area (Å²) in [5.41, 5.74) is -2.74. The van der Waals surface area contributed by atoms with Gasteiger partial charge < -0.3 is 14.9 Å². The molecule has 0 unspecified atom stereocenters. The first-order valence-electron chi connectivity index (χ1n) is 5.04. The Morgan fingerprint density at radius 1 is 1.47 bits per heavy atom. The summed E-state index contributed by atoms with van der Waals surface area (Å²) in [6.07, 6.45) is -0.487. The van der Waals surface area contributed by atoms with E-state index in [9.17, 15) is 19.7 Å². The van der Waals surface area contributed by atoms with Gasteiger partial charge in [0.05, 0.1) is 17.6 Å². The molecule has 0 aromatic carbocycles. The van der Waals surface area contributed by atoms with Gasteiger partial charge in [-0.15, -0.1) is 0 Å². The second kappa shape index (κ2) is 5.44. The van der Waals surface area contributed by atoms with Gasteiger partial charge in [-0.3, -0.25) is 10.1 Å². The van der Waals surface area contributed by atoms with Crippen LogP contribution in [0.2, 0.25) is 0 Å². The van der Waals surface area contributed by atoms with Gasteiger partial charge in [0.15, 0.2) is 0 Å². The number of hydrogen-bond acceptors (Lipinski definition) is 6. The van der Waals surface area contributed by atoms with Gasteiger partial charge in [-0.2, -0.15) is 5.10 Å². The lowest BCUT2D eigenvalue weighted by atomic mass is 10.3. The van der Waals surface area contributed by atoms with E-state index in [1.807, 2.05) is 0 Å². The Labute approximate surface area is 106 Å². The van der Waals surface area contributed by atoms with Crippen molar-refractivity contribution in [1.82, 2.24) is 9.78 Å². The Morgan fingerprint density at radius 2 is 2.05 bits per heavy atom. The van der Waals surface area contributed by atoms with Crippen molar-refractivity contribution in [2.45, 2.75) is 19.6 Å². The van der Waals surface area contributed by atoms with Crippen LogP contribution in [-0.4, -0.2) is 50.1 Å². The molecular weight excluding hydrogens is 262 g/mol. The number of carboxylic acid groups (broad SMARTS) is 2. The Morgan fingerprint density at radius 3 is 2.42 bits per heavy atom. The van der Waals surface area contributed by atoms with E-state index in [1.54, 1.807) is 6.92 Å². The number of carbonyl (C=O) groups is 2. The van der Waals surface area contributed by atoms with Crippen LogP contribution in [0.5, 0.6) is 0 Å². The average Bonchev–Trinajstić information content (AvgIpc) is 2.68. The fourth-order valence-electron chi connectivity index (χ4n) is 1.43. The second-order valence-electron chi connectivity index (χ2n) is 3.64. The number of aromatic nitrogens is 2. The van der Waals surface area contributed by atoms with Crippen LogP contribution in [0.3, 0.4) is 0 Å². The molecule has 0 saturated carbocycles. The van der Waals surface area contributed by atoms with Crippen molar-refractivity contribution in [2.24, 2.45) is 0 Å². The first-order valence-corrected chi connectivity index (χ1v) is 5.04. The van der Waals surface area contributed by atoms with Crippen molar-refractivity contribution in [1.29, 1.82) is 0 Å². The van der Waals surface area contributed by atoms with E-state index < -0.39 is 40.0 Å². The molecule has 1 heterocycles. The summed E-state index contributed by atoms with van der Waals surface area (Å²) >= 11 is 0. The van der Waals surface area contributed by atoms with Crippen LogP contribution in [-0.2, 0) is 11.3 Å². The molecule has 2 N–H and O–H groups in total. The van der Waals surface area contributed by atoms with Gasteiger partial charge >= 0.3 is 17.6 Å². The van der Waals surface area contributed by atoms with E-state index in [2.05, 4.69) is 5.10 Å². The van der Waals surface area contributed by atoms with Crippen LogP contribution in [0.1, 0.15) is 27.9 Å². The highest BCUT2D eigenvalue weighted by Crippen LogP contribution is 2.24. The zero-order chi connectivity index (χ0) is 14.7. The van der Waals surface area contributed by atoms with Crippen molar-refractivity contribution in [3.63, 3.8) is 0 Å². The number of carboxylic acids is 2.